The Kier molecular flexibility index (Phi) is 4.71. The van der Waals surface area contributed by atoms with Gasteiger partial charge in [-0.15, -0.1) is 0 Å². The zero-order valence-corrected chi connectivity index (χ0v) is 7.98. The van der Waals surface area contributed by atoms with E-state index >= 15 is 0 Å². The zero-order valence-electron chi connectivity index (χ0n) is 7.98. The lowest BCUT2D eigenvalue weighted by Gasteiger charge is -2.26. The molecular weight excluding hydrogens is 124 g/mol. The van der Waals surface area contributed by atoms with Gasteiger partial charge in [-0.2, -0.15) is 0 Å². The summed E-state index contributed by atoms with van der Waals surface area (Å²) in [5.74, 6) is 0. The van der Waals surface area contributed by atoms with Gasteiger partial charge in [0.1, 0.15) is 13.2 Å². The Bertz CT molecular complexity index is 74.8. The van der Waals surface area contributed by atoms with Crippen LogP contribution < -0.4 is 0 Å². The summed E-state index contributed by atoms with van der Waals surface area (Å²) in [6, 6.07) is 0. The highest BCUT2D eigenvalue weighted by molar-refractivity contribution is 4.57. The standard InChI is InChI=1S/C9H21O/c1-6-9(7-2)10(5)8(3)4/h8-9H,6-7H2,1-5H3/q+1. The smallest absolute Gasteiger partial charge is 0.155 e. The SMILES string of the molecule is CCC(CC)[O+](C)C(C)C. The molecule has 0 aromatic carbocycles. The molecule has 0 fully saturated rings. The van der Waals surface area contributed by atoms with Crippen molar-refractivity contribution in [1.82, 2.24) is 0 Å². The molecule has 0 N–H and O–H groups in total. The topological polar surface area (TPSA) is 2.70 Å². The van der Waals surface area contributed by atoms with Crippen LogP contribution in [-0.4, -0.2) is 19.3 Å². The highest BCUT2D eigenvalue weighted by atomic mass is 16.7. The lowest BCUT2D eigenvalue weighted by molar-refractivity contribution is -0.194. The summed E-state index contributed by atoms with van der Waals surface area (Å²) >= 11 is 0. The van der Waals surface area contributed by atoms with Gasteiger partial charge in [-0.1, -0.05) is 13.8 Å². The number of hydrogen-bond acceptors (Lipinski definition) is 0. The lowest BCUT2D eigenvalue weighted by Crippen LogP contribution is -2.28. The molecule has 0 aliphatic heterocycles. The van der Waals surface area contributed by atoms with Crippen LogP contribution in [0.25, 0.3) is 0 Å². The fourth-order valence-corrected chi connectivity index (χ4v) is 1.20. The first-order valence-electron chi connectivity index (χ1n) is 4.27. The molecule has 0 radical (unpaired) electrons. The van der Waals surface area contributed by atoms with Crippen LogP contribution in [0.4, 0.5) is 0 Å². The van der Waals surface area contributed by atoms with E-state index in [0.717, 1.165) is 0 Å². The number of hydrogen-bond donors (Lipinski definition) is 0. The molecule has 0 saturated heterocycles. The third-order valence-electron chi connectivity index (χ3n) is 2.18. The van der Waals surface area contributed by atoms with E-state index in [1.807, 2.05) is 0 Å². The molecule has 0 amide bonds. The van der Waals surface area contributed by atoms with Crippen LogP contribution in [0.2, 0.25) is 0 Å². The van der Waals surface area contributed by atoms with Crippen molar-refractivity contribution in [2.45, 2.75) is 52.7 Å². The molecule has 62 valence electrons. The molecular formula is C9H21O+. The van der Waals surface area contributed by atoms with Crippen LogP contribution in [-0.2, 0) is 4.37 Å². The van der Waals surface area contributed by atoms with Crippen molar-refractivity contribution >= 4 is 0 Å². The molecule has 0 aromatic heterocycles. The van der Waals surface area contributed by atoms with E-state index in [4.69, 9.17) is 0 Å². The Balaban J connectivity index is 3.76. The highest BCUT2D eigenvalue weighted by Crippen LogP contribution is 2.13. The van der Waals surface area contributed by atoms with Gasteiger partial charge in [0.2, 0.25) is 0 Å². The highest BCUT2D eigenvalue weighted by Gasteiger charge is 2.18. The summed E-state index contributed by atoms with van der Waals surface area (Å²) in [6.45, 7) is 8.89. The monoisotopic (exact) mass is 145 g/mol. The molecule has 0 rings (SSSR count). The van der Waals surface area contributed by atoms with Gasteiger partial charge >= 0.3 is 0 Å². The summed E-state index contributed by atoms with van der Waals surface area (Å²) in [7, 11) is 2.13. The average molecular weight is 145 g/mol. The summed E-state index contributed by atoms with van der Waals surface area (Å²) in [5.41, 5.74) is 0. The van der Waals surface area contributed by atoms with Crippen molar-refractivity contribution in [3.05, 3.63) is 0 Å². The van der Waals surface area contributed by atoms with Gasteiger partial charge in [-0.3, -0.25) is 0 Å². The van der Waals surface area contributed by atoms with E-state index in [2.05, 4.69) is 39.2 Å². The summed E-state index contributed by atoms with van der Waals surface area (Å²) in [5, 5.41) is 0. The molecule has 0 aliphatic carbocycles. The van der Waals surface area contributed by atoms with Crippen LogP contribution in [0.5, 0.6) is 0 Å². The van der Waals surface area contributed by atoms with E-state index in [1.54, 1.807) is 0 Å². The van der Waals surface area contributed by atoms with Gasteiger partial charge in [-0.25, -0.2) is 0 Å². The number of rotatable bonds is 4. The van der Waals surface area contributed by atoms with Gasteiger partial charge in [0.05, 0.1) is 0 Å². The van der Waals surface area contributed by atoms with E-state index in [0.29, 0.717) is 12.2 Å². The van der Waals surface area contributed by atoms with Crippen molar-refractivity contribution < 1.29 is 4.37 Å². The van der Waals surface area contributed by atoms with Crippen LogP contribution in [0.1, 0.15) is 40.5 Å². The van der Waals surface area contributed by atoms with E-state index < -0.39 is 0 Å². The first-order valence-corrected chi connectivity index (χ1v) is 4.27. The molecule has 0 heterocycles. The summed E-state index contributed by atoms with van der Waals surface area (Å²) in [4.78, 5) is 0. The van der Waals surface area contributed by atoms with Crippen LogP contribution >= 0.6 is 0 Å². The largest absolute Gasteiger partial charge is 0.420 e. The van der Waals surface area contributed by atoms with Gasteiger partial charge in [0, 0.05) is 26.7 Å². The normalized spacial score (nSPS) is 12.0. The Morgan fingerprint density at radius 1 is 1.10 bits per heavy atom. The van der Waals surface area contributed by atoms with Crippen molar-refractivity contribution in [1.29, 1.82) is 0 Å². The zero-order chi connectivity index (χ0) is 8.15. The molecule has 0 atom stereocenters. The molecule has 0 saturated carbocycles. The van der Waals surface area contributed by atoms with Crippen molar-refractivity contribution in [3.63, 3.8) is 0 Å². The minimum Gasteiger partial charge on any atom is -0.420 e. The molecule has 0 unspecified atom stereocenters. The molecule has 0 aliphatic rings. The molecule has 0 spiro atoms. The third kappa shape index (κ3) is 2.70. The molecule has 10 heavy (non-hydrogen) atoms. The third-order valence-corrected chi connectivity index (χ3v) is 2.18. The van der Waals surface area contributed by atoms with Crippen LogP contribution in [0.15, 0.2) is 0 Å². The summed E-state index contributed by atoms with van der Waals surface area (Å²) in [6.07, 6.45) is 3.76. The first-order chi connectivity index (χ1) is 4.63. The molecule has 1 heteroatoms. The maximum Gasteiger partial charge on any atom is 0.155 e. The lowest BCUT2D eigenvalue weighted by atomic mass is 10.2. The average Bonchev–Trinajstić information content (AvgIpc) is 1.90. The molecule has 1 nitrogen and oxygen atoms in total. The second-order valence-corrected chi connectivity index (χ2v) is 3.09. The Morgan fingerprint density at radius 3 is 1.60 bits per heavy atom. The Hall–Kier alpha value is -0.0400. The van der Waals surface area contributed by atoms with Crippen molar-refractivity contribution in [2.75, 3.05) is 7.11 Å². The van der Waals surface area contributed by atoms with Gasteiger partial charge in [0.15, 0.2) is 6.10 Å². The van der Waals surface area contributed by atoms with Crippen LogP contribution in [0.3, 0.4) is 0 Å². The maximum atomic E-state index is 3.22. The van der Waals surface area contributed by atoms with E-state index in [9.17, 15) is 0 Å². The fourth-order valence-electron chi connectivity index (χ4n) is 1.20. The van der Waals surface area contributed by atoms with Crippen molar-refractivity contribution in [2.24, 2.45) is 0 Å². The summed E-state index contributed by atoms with van der Waals surface area (Å²) < 4.78 is 3.22. The fraction of sp³-hybridized carbons (Fsp3) is 1.00. The second kappa shape index (κ2) is 4.73. The van der Waals surface area contributed by atoms with Crippen molar-refractivity contribution in [3.8, 4) is 0 Å². The minimum absolute atomic E-state index is 0.602. The van der Waals surface area contributed by atoms with Gasteiger partial charge < -0.3 is 4.37 Å². The Labute approximate surface area is 65.1 Å². The molecule has 0 aromatic rings. The van der Waals surface area contributed by atoms with Gasteiger partial charge in [-0.05, 0) is 0 Å². The van der Waals surface area contributed by atoms with Crippen LogP contribution in [0, 0.1) is 0 Å². The minimum atomic E-state index is 0.602. The maximum absolute atomic E-state index is 3.22. The predicted octanol–water partition coefficient (Wildman–Crippen LogP) is 2.77. The molecule has 0 bridgehead atoms. The Morgan fingerprint density at radius 2 is 1.50 bits per heavy atom. The van der Waals surface area contributed by atoms with Gasteiger partial charge in [0.25, 0.3) is 0 Å². The first kappa shape index (κ1) is 9.96. The van der Waals surface area contributed by atoms with E-state index in [1.165, 1.54) is 12.8 Å². The van der Waals surface area contributed by atoms with E-state index in [-0.39, 0.29) is 0 Å². The quantitative estimate of drug-likeness (QED) is 0.535. The predicted molar refractivity (Wildman–Crippen MR) is 46.5 cm³/mol. The second-order valence-electron chi connectivity index (χ2n) is 3.09.